The van der Waals surface area contributed by atoms with Crippen molar-refractivity contribution in [3.05, 3.63) is 78.1 Å². The van der Waals surface area contributed by atoms with Crippen molar-refractivity contribution in [2.24, 2.45) is 5.92 Å². The predicted molar refractivity (Wildman–Crippen MR) is 112 cm³/mol. The van der Waals surface area contributed by atoms with Gasteiger partial charge in [0.1, 0.15) is 5.82 Å². The van der Waals surface area contributed by atoms with Crippen LogP contribution in [-0.4, -0.2) is 36.3 Å². The highest BCUT2D eigenvalue weighted by molar-refractivity contribution is 6.04. The number of benzene rings is 2. The Morgan fingerprint density at radius 3 is 2.69 bits per heavy atom. The van der Waals surface area contributed by atoms with Crippen molar-refractivity contribution in [2.75, 3.05) is 25.0 Å². The van der Waals surface area contributed by atoms with Gasteiger partial charge in [-0.3, -0.25) is 14.5 Å². The van der Waals surface area contributed by atoms with Crippen LogP contribution in [0.1, 0.15) is 28.8 Å². The van der Waals surface area contributed by atoms with Crippen LogP contribution in [-0.2, 0) is 11.3 Å². The predicted octanol–water partition coefficient (Wildman–Crippen LogP) is 3.59. The second kappa shape index (κ2) is 9.98. The Morgan fingerprint density at radius 2 is 1.93 bits per heavy atom. The number of halogens is 1. The molecule has 0 bridgehead atoms. The summed E-state index contributed by atoms with van der Waals surface area (Å²) in [5, 5.41) is 5.66. The monoisotopic (exact) mass is 395 g/mol. The van der Waals surface area contributed by atoms with E-state index in [4.69, 9.17) is 0 Å². The first-order chi connectivity index (χ1) is 14.1. The molecule has 29 heavy (non-hydrogen) atoms. The van der Waals surface area contributed by atoms with Gasteiger partial charge < -0.3 is 10.6 Å². The zero-order valence-electron chi connectivity index (χ0n) is 16.4. The number of para-hydroxylation sites is 1. The summed E-state index contributed by atoms with van der Waals surface area (Å²) in [6.07, 6.45) is 3.33. The normalized spacial score (nSPS) is 16.8. The van der Waals surface area contributed by atoms with E-state index in [9.17, 15) is 14.0 Å². The molecule has 1 heterocycles. The van der Waals surface area contributed by atoms with Crippen molar-refractivity contribution in [1.29, 1.82) is 0 Å². The first-order valence-electron chi connectivity index (χ1n) is 9.82. The maximum atomic E-state index is 13.1. The van der Waals surface area contributed by atoms with Gasteiger partial charge in [-0.1, -0.05) is 30.3 Å². The molecule has 0 saturated carbocycles. The van der Waals surface area contributed by atoms with Crippen LogP contribution in [0.2, 0.25) is 0 Å². The molecule has 3 rings (SSSR count). The highest BCUT2D eigenvalue weighted by Crippen LogP contribution is 2.22. The quantitative estimate of drug-likeness (QED) is 0.705. The van der Waals surface area contributed by atoms with Gasteiger partial charge in [0, 0.05) is 19.6 Å². The minimum absolute atomic E-state index is 0.0854. The number of rotatable bonds is 7. The maximum Gasteiger partial charge on any atom is 0.253 e. The van der Waals surface area contributed by atoms with Crippen LogP contribution in [0.3, 0.4) is 0 Å². The second-order valence-corrected chi connectivity index (χ2v) is 7.23. The zero-order valence-corrected chi connectivity index (χ0v) is 16.4. The second-order valence-electron chi connectivity index (χ2n) is 7.23. The van der Waals surface area contributed by atoms with Crippen molar-refractivity contribution in [2.45, 2.75) is 19.4 Å². The number of carbonyl (C=O) groups is 2. The fourth-order valence-corrected chi connectivity index (χ4v) is 3.55. The smallest absolute Gasteiger partial charge is 0.253 e. The highest BCUT2D eigenvalue weighted by Gasteiger charge is 2.26. The lowest BCUT2D eigenvalue weighted by molar-refractivity contribution is -0.121. The summed E-state index contributed by atoms with van der Waals surface area (Å²) < 4.78 is 13.1. The van der Waals surface area contributed by atoms with Crippen LogP contribution >= 0.6 is 0 Å². The summed E-state index contributed by atoms with van der Waals surface area (Å²) in [7, 11) is 0. The van der Waals surface area contributed by atoms with Gasteiger partial charge in [-0.2, -0.15) is 0 Å². The number of carbonyl (C=O) groups excluding carboxylic acids is 2. The lowest BCUT2D eigenvalue weighted by atomic mass is 9.96. The summed E-state index contributed by atoms with van der Waals surface area (Å²) in [5.41, 5.74) is 1.97. The van der Waals surface area contributed by atoms with E-state index in [1.165, 1.54) is 12.1 Å². The molecule has 0 spiro atoms. The third-order valence-corrected chi connectivity index (χ3v) is 5.03. The van der Waals surface area contributed by atoms with E-state index in [2.05, 4.69) is 22.1 Å². The first-order valence-corrected chi connectivity index (χ1v) is 9.82. The molecule has 1 aliphatic rings. The molecule has 2 amide bonds. The number of nitrogens with zero attached hydrogens (tertiary/aromatic N) is 1. The molecule has 6 heteroatoms. The summed E-state index contributed by atoms with van der Waals surface area (Å²) in [5.74, 6) is -0.742. The zero-order chi connectivity index (χ0) is 20.6. The van der Waals surface area contributed by atoms with E-state index in [1.54, 1.807) is 42.5 Å². The minimum atomic E-state index is -0.250. The summed E-state index contributed by atoms with van der Waals surface area (Å²) in [4.78, 5) is 27.4. The number of hydrogen-bond donors (Lipinski definition) is 2. The third-order valence-electron chi connectivity index (χ3n) is 5.03. The van der Waals surface area contributed by atoms with E-state index in [-0.39, 0.29) is 23.5 Å². The molecule has 5 nitrogen and oxygen atoms in total. The average Bonchev–Trinajstić information content (AvgIpc) is 2.74. The van der Waals surface area contributed by atoms with Crippen molar-refractivity contribution in [1.82, 2.24) is 10.2 Å². The van der Waals surface area contributed by atoms with Crippen LogP contribution in [0.25, 0.3) is 0 Å². The molecule has 1 atom stereocenters. The molecule has 1 saturated heterocycles. The Morgan fingerprint density at radius 1 is 1.17 bits per heavy atom. The van der Waals surface area contributed by atoms with Crippen molar-refractivity contribution in [3.63, 3.8) is 0 Å². The average molecular weight is 395 g/mol. The SMILES string of the molecule is C=CCNC(=O)c1ccccc1NC(=O)C1CCCN(Cc2ccc(F)cc2)C1. The summed E-state index contributed by atoms with van der Waals surface area (Å²) in [6.45, 7) is 6.18. The Bertz CT molecular complexity index is 867. The van der Waals surface area contributed by atoms with E-state index in [1.807, 2.05) is 0 Å². The number of likely N-dealkylation sites (tertiary alicyclic amines) is 1. The lowest BCUT2D eigenvalue weighted by Gasteiger charge is -2.32. The molecular formula is C23H26FN3O2. The van der Waals surface area contributed by atoms with Gasteiger partial charge in [0.25, 0.3) is 5.91 Å². The van der Waals surface area contributed by atoms with Gasteiger partial charge >= 0.3 is 0 Å². The molecule has 1 unspecified atom stereocenters. The van der Waals surface area contributed by atoms with E-state index < -0.39 is 0 Å². The number of piperidine rings is 1. The summed E-state index contributed by atoms with van der Waals surface area (Å²) >= 11 is 0. The molecule has 0 aromatic heterocycles. The van der Waals surface area contributed by atoms with Gasteiger partial charge in [-0.05, 0) is 49.2 Å². The van der Waals surface area contributed by atoms with E-state index >= 15 is 0 Å². The Kier molecular flexibility index (Phi) is 7.14. The molecule has 0 radical (unpaired) electrons. The third kappa shape index (κ3) is 5.74. The van der Waals surface area contributed by atoms with Crippen molar-refractivity contribution < 1.29 is 14.0 Å². The molecule has 1 fully saturated rings. The Hall–Kier alpha value is -2.99. The largest absolute Gasteiger partial charge is 0.349 e. The highest BCUT2D eigenvalue weighted by atomic mass is 19.1. The standard InChI is InChI=1S/C23H26FN3O2/c1-2-13-25-23(29)20-7-3-4-8-21(20)26-22(28)18-6-5-14-27(16-18)15-17-9-11-19(24)12-10-17/h2-4,7-12,18H,1,5-6,13-16H2,(H,25,29)(H,26,28). The lowest BCUT2D eigenvalue weighted by Crippen LogP contribution is -2.40. The van der Waals surface area contributed by atoms with Gasteiger partial charge in [-0.15, -0.1) is 6.58 Å². The Balaban J connectivity index is 1.62. The number of amides is 2. The molecule has 2 aromatic carbocycles. The van der Waals surface area contributed by atoms with E-state index in [0.29, 0.717) is 30.9 Å². The van der Waals surface area contributed by atoms with E-state index in [0.717, 1.165) is 24.9 Å². The Labute approximate surface area is 170 Å². The van der Waals surface area contributed by atoms with Crippen molar-refractivity contribution in [3.8, 4) is 0 Å². The molecule has 1 aliphatic heterocycles. The van der Waals surface area contributed by atoms with Crippen molar-refractivity contribution >= 4 is 17.5 Å². The van der Waals surface area contributed by atoms with Crippen LogP contribution in [0.5, 0.6) is 0 Å². The van der Waals surface area contributed by atoms with Gasteiger partial charge in [0.05, 0.1) is 17.2 Å². The summed E-state index contributed by atoms with van der Waals surface area (Å²) in [6, 6.07) is 13.4. The fourth-order valence-electron chi connectivity index (χ4n) is 3.55. The number of hydrogen-bond acceptors (Lipinski definition) is 3. The van der Waals surface area contributed by atoms with Crippen LogP contribution < -0.4 is 10.6 Å². The molecular weight excluding hydrogens is 369 g/mol. The van der Waals surface area contributed by atoms with Crippen LogP contribution in [0, 0.1) is 11.7 Å². The van der Waals surface area contributed by atoms with Gasteiger partial charge in [0.15, 0.2) is 0 Å². The number of nitrogens with one attached hydrogen (secondary N) is 2. The molecule has 2 aromatic rings. The fraction of sp³-hybridized carbons (Fsp3) is 0.304. The number of anilines is 1. The molecule has 2 N–H and O–H groups in total. The molecule has 152 valence electrons. The van der Waals surface area contributed by atoms with Crippen LogP contribution in [0.4, 0.5) is 10.1 Å². The minimum Gasteiger partial charge on any atom is -0.349 e. The molecule has 0 aliphatic carbocycles. The van der Waals surface area contributed by atoms with Crippen LogP contribution in [0.15, 0.2) is 61.2 Å². The van der Waals surface area contributed by atoms with Gasteiger partial charge in [-0.25, -0.2) is 4.39 Å². The first kappa shape index (κ1) is 20.7. The topological polar surface area (TPSA) is 61.4 Å². The maximum absolute atomic E-state index is 13.1. The van der Waals surface area contributed by atoms with Gasteiger partial charge in [0.2, 0.25) is 5.91 Å².